The van der Waals surface area contributed by atoms with Crippen molar-refractivity contribution in [1.29, 1.82) is 0 Å². The van der Waals surface area contributed by atoms with Gasteiger partial charge in [0.2, 0.25) is 15.9 Å². The van der Waals surface area contributed by atoms with E-state index in [1.807, 2.05) is 0 Å². The first-order valence-electron chi connectivity index (χ1n) is 11.0. The van der Waals surface area contributed by atoms with Gasteiger partial charge in [-0.05, 0) is 56.4 Å². The fourth-order valence-corrected chi connectivity index (χ4v) is 6.29. The van der Waals surface area contributed by atoms with Crippen molar-refractivity contribution in [1.82, 2.24) is 9.62 Å². The van der Waals surface area contributed by atoms with Crippen LogP contribution in [0.15, 0.2) is 53.4 Å². The van der Waals surface area contributed by atoms with Gasteiger partial charge in [0.25, 0.3) is 0 Å². The van der Waals surface area contributed by atoms with Gasteiger partial charge in [0.05, 0.1) is 10.8 Å². The number of ketones is 2. The number of nitrogens with zero attached hydrogens (tertiary/aromatic N) is 1. The second-order valence-electron chi connectivity index (χ2n) is 8.34. The zero-order chi connectivity index (χ0) is 23.6. The summed E-state index contributed by atoms with van der Waals surface area (Å²) in [5, 5.41) is 3.20. The van der Waals surface area contributed by atoms with E-state index in [2.05, 4.69) is 5.32 Å². The van der Waals surface area contributed by atoms with Crippen LogP contribution in [0, 0.1) is 5.92 Å². The molecule has 1 aliphatic carbocycles. The Labute approximate surface area is 198 Å². The van der Waals surface area contributed by atoms with E-state index in [0.717, 1.165) is 6.42 Å². The number of rotatable bonds is 7. The molecule has 2 aromatic carbocycles. The lowest BCUT2D eigenvalue weighted by Gasteiger charge is -2.29. The Morgan fingerprint density at radius 3 is 2.21 bits per heavy atom. The highest BCUT2D eigenvalue weighted by atomic mass is 35.5. The molecule has 33 heavy (non-hydrogen) atoms. The number of amides is 1. The van der Waals surface area contributed by atoms with Crippen LogP contribution in [0.2, 0.25) is 5.02 Å². The lowest BCUT2D eigenvalue weighted by Crippen LogP contribution is -2.49. The van der Waals surface area contributed by atoms with Crippen molar-refractivity contribution in [3.05, 3.63) is 64.7 Å². The molecule has 0 spiro atoms. The quantitative estimate of drug-likeness (QED) is 0.601. The Bertz CT molecular complexity index is 1140. The Balaban J connectivity index is 1.55. The van der Waals surface area contributed by atoms with Crippen molar-refractivity contribution in [3.8, 4) is 0 Å². The van der Waals surface area contributed by atoms with Gasteiger partial charge >= 0.3 is 0 Å². The maximum atomic E-state index is 13.5. The van der Waals surface area contributed by atoms with E-state index in [0.29, 0.717) is 35.5 Å². The Hall–Kier alpha value is -2.55. The third-order valence-corrected chi connectivity index (χ3v) is 8.41. The Kier molecular flexibility index (Phi) is 6.97. The molecule has 9 heteroatoms. The summed E-state index contributed by atoms with van der Waals surface area (Å²) in [4.78, 5) is 38.2. The second kappa shape index (κ2) is 9.75. The SMILES string of the molecule is O=C1c2ccccc2C(=O)C1CCCN([C@@H]1CCCCNC1=O)S(=O)(=O)c1ccc(Cl)cc1. The van der Waals surface area contributed by atoms with Crippen LogP contribution in [0.1, 0.15) is 52.8 Å². The predicted octanol–water partition coefficient (Wildman–Crippen LogP) is 3.48. The molecule has 1 aliphatic heterocycles. The molecule has 0 radical (unpaired) electrons. The van der Waals surface area contributed by atoms with Crippen molar-refractivity contribution in [2.24, 2.45) is 5.92 Å². The van der Waals surface area contributed by atoms with Crippen molar-refractivity contribution < 1.29 is 22.8 Å². The van der Waals surface area contributed by atoms with Crippen LogP contribution < -0.4 is 5.32 Å². The normalized spacial score (nSPS) is 19.5. The summed E-state index contributed by atoms with van der Waals surface area (Å²) in [7, 11) is -4.00. The monoisotopic (exact) mass is 488 g/mol. The summed E-state index contributed by atoms with van der Waals surface area (Å²) in [6, 6.07) is 11.7. The minimum atomic E-state index is -4.00. The molecule has 1 fully saturated rings. The minimum absolute atomic E-state index is 0.0243. The van der Waals surface area contributed by atoms with Gasteiger partial charge in [0.1, 0.15) is 6.04 Å². The molecule has 1 N–H and O–H groups in total. The van der Waals surface area contributed by atoms with E-state index in [-0.39, 0.29) is 41.8 Å². The number of nitrogens with one attached hydrogen (secondary N) is 1. The van der Waals surface area contributed by atoms with Crippen LogP contribution >= 0.6 is 11.6 Å². The largest absolute Gasteiger partial charge is 0.355 e. The third-order valence-electron chi connectivity index (χ3n) is 6.24. The standard InChI is InChI=1S/C24H25ClN2O5S/c25-16-10-12-17(13-11-16)33(31,32)27(21-9-3-4-14-26-24(21)30)15-5-8-20-22(28)18-6-1-2-7-19(18)23(20)29/h1-2,6-7,10-13,20-21H,3-5,8-9,14-15H2,(H,26,30)/t21-/m1/s1. The summed E-state index contributed by atoms with van der Waals surface area (Å²) >= 11 is 5.92. The summed E-state index contributed by atoms with van der Waals surface area (Å²) in [5.74, 6) is -1.60. The molecule has 1 amide bonds. The van der Waals surface area contributed by atoms with Gasteiger partial charge in [-0.3, -0.25) is 14.4 Å². The summed E-state index contributed by atoms with van der Waals surface area (Å²) in [6.45, 7) is 0.532. The van der Waals surface area contributed by atoms with Crippen LogP contribution in [0.5, 0.6) is 0 Å². The number of hydrogen-bond donors (Lipinski definition) is 1. The number of hydrogen-bond acceptors (Lipinski definition) is 5. The van der Waals surface area contributed by atoms with E-state index in [1.165, 1.54) is 28.6 Å². The smallest absolute Gasteiger partial charge is 0.243 e. The van der Waals surface area contributed by atoms with Gasteiger partial charge in [0.15, 0.2) is 11.6 Å². The molecule has 2 aromatic rings. The number of halogens is 1. The fraction of sp³-hybridized carbons (Fsp3) is 0.375. The van der Waals surface area contributed by atoms with Gasteiger partial charge in [0, 0.05) is 29.2 Å². The third kappa shape index (κ3) is 4.74. The average molecular weight is 489 g/mol. The van der Waals surface area contributed by atoms with E-state index in [9.17, 15) is 22.8 Å². The number of Topliss-reactive ketones (excluding diaryl/α,β-unsaturated/α-hetero) is 2. The molecule has 0 unspecified atom stereocenters. The van der Waals surface area contributed by atoms with Crippen LogP contribution in [-0.2, 0) is 14.8 Å². The van der Waals surface area contributed by atoms with Crippen molar-refractivity contribution >= 4 is 39.1 Å². The van der Waals surface area contributed by atoms with Crippen LogP contribution in [0.4, 0.5) is 0 Å². The molecular formula is C24H25ClN2O5S. The van der Waals surface area contributed by atoms with Crippen molar-refractivity contribution in [3.63, 3.8) is 0 Å². The van der Waals surface area contributed by atoms with Gasteiger partial charge in [-0.2, -0.15) is 4.31 Å². The number of fused-ring (bicyclic) bond motifs is 1. The molecule has 4 rings (SSSR count). The second-order valence-corrected chi connectivity index (χ2v) is 10.7. The highest BCUT2D eigenvalue weighted by Gasteiger charge is 2.39. The molecule has 0 saturated carbocycles. The lowest BCUT2D eigenvalue weighted by atomic mass is 9.98. The first-order valence-corrected chi connectivity index (χ1v) is 12.8. The van der Waals surface area contributed by atoms with Gasteiger partial charge < -0.3 is 5.32 Å². The lowest BCUT2D eigenvalue weighted by molar-refractivity contribution is -0.124. The number of carbonyl (C=O) groups is 3. The molecule has 1 atom stereocenters. The topological polar surface area (TPSA) is 101 Å². The number of benzene rings is 2. The predicted molar refractivity (Wildman–Crippen MR) is 124 cm³/mol. The van der Waals surface area contributed by atoms with Crippen LogP contribution in [-0.4, -0.2) is 49.3 Å². The van der Waals surface area contributed by atoms with E-state index in [1.54, 1.807) is 24.3 Å². The Morgan fingerprint density at radius 1 is 0.939 bits per heavy atom. The van der Waals surface area contributed by atoms with E-state index < -0.39 is 22.0 Å². The molecule has 1 heterocycles. The maximum Gasteiger partial charge on any atom is 0.243 e. The molecule has 0 bridgehead atoms. The zero-order valence-electron chi connectivity index (χ0n) is 18.0. The Morgan fingerprint density at radius 2 is 1.58 bits per heavy atom. The molecule has 0 aromatic heterocycles. The number of carbonyl (C=O) groups excluding carboxylic acids is 3. The van der Waals surface area contributed by atoms with E-state index in [4.69, 9.17) is 11.6 Å². The van der Waals surface area contributed by atoms with Gasteiger partial charge in [-0.15, -0.1) is 0 Å². The van der Waals surface area contributed by atoms with Gasteiger partial charge in [-0.1, -0.05) is 35.9 Å². The minimum Gasteiger partial charge on any atom is -0.355 e. The zero-order valence-corrected chi connectivity index (χ0v) is 19.6. The summed E-state index contributed by atoms with van der Waals surface area (Å²) < 4.78 is 28.2. The highest BCUT2D eigenvalue weighted by Crippen LogP contribution is 2.31. The van der Waals surface area contributed by atoms with Crippen LogP contribution in [0.25, 0.3) is 0 Å². The fourth-order valence-electron chi connectivity index (χ4n) is 4.50. The van der Waals surface area contributed by atoms with Gasteiger partial charge in [-0.25, -0.2) is 8.42 Å². The molecule has 174 valence electrons. The highest BCUT2D eigenvalue weighted by molar-refractivity contribution is 7.89. The summed E-state index contributed by atoms with van der Waals surface area (Å²) in [5.41, 5.74) is 0.836. The van der Waals surface area contributed by atoms with Crippen molar-refractivity contribution in [2.45, 2.75) is 43.0 Å². The first-order chi connectivity index (χ1) is 15.8. The van der Waals surface area contributed by atoms with Crippen LogP contribution in [0.3, 0.4) is 0 Å². The average Bonchev–Trinajstić information content (AvgIpc) is 2.92. The first kappa shape index (κ1) is 23.6. The maximum absolute atomic E-state index is 13.5. The molecule has 7 nitrogen and oxygen atoms in total. The molecule has 2 aliphatic rings. The van der Waals surface area contributed by atoms with E-state index >= 15 is 0 Å². The molecular weight excluding hydrogens is 464 g/mol. The van der Waals surface area contributed by atoms with Crippen molar-refractivity contribution in [2.75, 3.05) is 13.1 Å². The number of sulfonamides is 1. The summed E-state index contributed by atoms with van der Waals surface area (Å²) in [6.07, 6.45) is 2.39. The molecule has 1 saturated heterocycles.